The maximum Gasteiger partial charge on any atom is 0.339 e. The maximum absolute atomic E-state index is 11.3. The van der Waals surface area contributed by atoms with E-state index in [9.17, 15) is 9.90 Å². The Kier molecular flexibility index (Phi) is 6.35. The molecule has 0 aliphatic rings. The molecule has 1 aromatic heterocycles. The lowest BCUT2D eigenvalue weighted by atomic mass is 10.2. The molecule has 0 saturated carbocycles. The number of hydrogen-bond donors (Lipinski definition) is 1. The van der Waals surface area contributed by atoms with Crippen LogP contribution in [-0.4, -0.2) is 35.3 Å². The average Bonchev–Trinajstić information content (AvgIpc) is 2.55. The molecule has 2 rings (SSSR count). The van der Waals surface area contributed by atoms with Gasteiger partial charge in [-0.25, -0.2) is 14.8 Å². The summed E-state index contributed by atoms with van der Waals surface area (Å²) in [6, 6.07) is 7.44. The maximum atomic E-state index is 11.3. The van der Waals surface area contributed by atoms with Crippen LogP contribution >= 0.6 is 23.4 Å². The number of thioether (sulfide) groups is 1. The Labute approximate surface area is 142 Å². The first-order valence-corrected chi connectivity index (χ1v) is 7.94. The van der Waals surface area contributed by atoms with Crippen molar-refractivity contribution in [2.24, 2.45) is 0 Å². The Morgan fingerprint density at radius 3 is 2.52 bits per heavy atom. The van der Waals surface area contributed by atoms with Gasteiger partial charge in [0.15, 0.2) is 5.16 Å². The largest absolute Gasteiger partial charge is 0.478 e. The van der Waals surface area contributed by atoms with E-state index in [-0.39, 0.29) is 11.3 Å². The standard InChI is InChI=1S/C15H15ClN2O4S/c1-21-14(22-2)12-11(13(19)20)7-17-15(18-12)23-8-9-3-5-10(16)6-4-9/h3-7,14H,8H2,1-2H3,(H,19,20). The molecule has 0 saturated heterocycles. The number of nitrogens with zero attached hydrogens (tertiary/aromatic N) is 2. The van der Waals surface area contributed by atoms with Gasteiger partial charge in [-0.1, -0.05) is 35.5 Å². The van der Waals surface area contributed by atoms with Crippen LogP contribution in [0.4, 0.5) is 0 Å². The van der Waals surface area contributed by atoms with Crippen LogP contribution in [-0.2, 0) is 15.2 Å². The van der Waals surface area contributed by atoms with Gasteiger partial charge < -0.3 is 14.6 Å². The van der Waals surface area contributed by atoms with Crippen molar-refractivity contribution < 1.29 is 19.4 Å². The van der Waals surface area contributed by atoms with Crippen LogP contribution < -0.4 is 0 Å². The minimum Gasteiger partial charge on any atom is -0.478 e. The highest BCUT2D eigenvalue weighted by molar-refractivity contribution is 7.98. The molecule has 0 atom stereocenters. The SMILES string of the molecule is COC(OC)c1nc(SCc2ccc(Cl)cc2)ncc1C(=O)O. The summed E-state index contributed by atoms with van der Waals surface area (Å²) >= 11 is 7.23. The summed E-state index contributed by atoms with van der Waals surface area (Å²) in [5.74, 6) is -0.499. The fourth-order valence-corrected chi connectivity index (χ4v) is 2.74. The molecule has 0 radical (unpaired) electrons. The summed E-state index contributed by atoms with van der Waals surface area (Å²) in [6.45, 7) is 0. The van der Waals surface area contributed by atoms with Gasteiger partial charge >= 0.3 is 5.97 Å². The van der Waals surface area contributed by atoms with E-state index in [1.54, 1.807) is 0 Å². The number of carboxylic acid groups (broad SMARTS) is 1. The molecule has 0 fully saturated rings. The Bertz CT molecular complexity index is 678. The molecule has 0 aliphatic heterocycles. The normalized spacial score (nSPS) is 11.0. The second-order valence-electron chi connectivity index (χ2n) is 4.48. The number of hydrogen-bond acceptors (Lipinski definition) is 6. The van der Waals surface area contributed by atoms with Crippen molar-refractivity contribution in [1.82, 2.24) is 9.97 Å². The second kappa shape index (κ2) is 8.26. The lowest BCUT2D eigenvalue weighted by Gasteiger charge is -2.15. The number of halogens is 1. The van der Waals surface area contributed by atoms with Crippen LogP contribution in [0.25, 0.3) is 0 Å². The zero-order valence-electron chi connectivity index (χ0n) is 12.5. The van der Waals surface area contributed by atoms with Gasteiger partial charge in [-0.15, -0.1) is 0 Å². The Morgan fingerprint density at radius 2 is 1.96 bits per heavy atom. The van der Waals surface area contributed by atoms with Crippen LogP contribution in [0, 0.1) is 0 Å². The lowest BCUT2D eigenvalue weighted by molar-refractivity contribution is -0.109. The number of carbonyl (C=O) groups is 1. The van der Waals surface area contributed by atoms with Crippen LogP contribution in [0.1, 0.15) is 27.9 Å². The molecule has 2 aromatic rings. The first kappa shape index (κ1) is 17.7. The molecule has 122 valence electrons. The molecule has 0 bridgehead atoms. The molecule has 8 heteroatoms. The highest BCUT2D eigenvalue weighted by Crippen LogP contribution is 2.25. The third-order valence-electron chi connectivity index (χ3n) is 2.96. The molecule has 6 nitrogen and oxygen atoms in total. The van der Waals surface area contributed by atoms with Crippen molar-refractivity contribution in [2.45, 2.75) is 17.2 Å². The molecule has 0 spiro atoms. The minimum absolute atomic E-state index is 0.0467. The van der Waals surface area contributed by atoms with Crippen molar-refractivity contribution in [3.8, 4) is 0 Å². The van der Waals surface area contributed by atoms with E-state index in [0.29, 0.717) is 15.9 Å². The molecule has 1 heterocycles. The average molecular weight is 355 g/mol. The summed E-state index contributed by atoms with van der Waals surface area (Å²) < 4.78 is 10.2. The third-order valence-corrected chi connectivity index (χ3v) is 4.14. The van der Waals surface area contributed by atoms with Crippen LogP contribution in [0.5, 0.6) is 0 Å². The van der Waals surface area contributed by atoms with E-state index in [1.807, 2.05) is 24.3 Å². The minimum atomic E-state index is -1.13. The first-order chi connectivity index (χ1) is 11.0. The van der Waals surface area contributed by atoms with Crippen molar-refractivity contribution in [3.63, 3.8) is 0 Å². The van der Waals surface area contributed by atoms with Crippen molar-refractivity contribution in [3.05, 3.63) is 52.3 Å². The predicted molar refractivity (Wildman–Crippen MR) is 86.8 cm³/mol. The second-order valence-corrected chi connectivity index (χ2v) is 5.85. The highest BCUT2D eigenvalue weighted by atomic mass is 35.5. The third kappa shape index (κ3) is 4.65. The van der Waals surface area contributed by atoms with E-state index in [1.165, 1.54) is 32.2 Å². The van der Waals surface area contributed by atoms with Crippen LogP contribution in [0.2, 0.25) is 5.02 Å². The van der Waals surface area contributed by atoms with Gasteiger partial charge in [-0.2, -0.15) is 0 Å². The summed E-state index contributed by atoms with van der Waals surface area (Å²) in [5.41, 5.74) is 1.20. The van der Waals surface area contributed by atoms with Gasteiger partial charge in [0.25, 0.3) is 0 Å². The van der Waals surface area contributed by atoms with Gasteiger partial charge in [0.1, 0.15) is 11.3 Å². The van der Waals surface area contributed by atoms with Gasteiger partial charge in [-0.3, -0.25) is 0 Å². The van der Waals surface area contributed by atoms with Crippen molar-refractivity contribution in [2.75, 3.05) is 14.2 Å². The van der Waals surface area contributed by atoms with E-state index in [4.69, 9.17) is 21.1 Å². The van der Waals surface area contributed by atoms with Crippen molar-refractivity contribution in [1.29, 1.82) is 0 Å². The molecule has 1 N–H and O–H groups in total. The van der Waals surface area contributed by atoms with Crippen LogP contribution in [0.15, 0.2) is 35.6 Å². The zero-order chi connectivity index (χ0) is 16.8. The van der Waals surface area contributed by atoms with E-state index in [2.05, 4.69) is 9.97 Å². The molecule has 0 amide bonds. The summed E-state index contributed by atoms with van der Waals surface area (Å²) in [6.07, 6.45) is 0.402. The fraction of sp³-hybridized carbons (Fsp3) is 0.267. The molecule has 0 unspecified atom stereocenters. The number of carboxylic acids is 1. The highest BCUT2D eigenvalue weighted by Gasteiger charge is 2.22. The topological polar surface area (TPSA) is 81.5 Å². The number of methoxy groups -OCH3 is 2. The first-order valence-electron chi connectivity index (χ1n) is 6.58. The smallest absolute Gasteiger partial charge is 0.339 e. The summed E-state index contributed by atoms with van der Waals surface area (Å²) in [7, 11) is 2.84. The molecule has 1 aromatic carbocycles. The quantitative estimate of drug-likeness (QED) is 0.463. The lowest BCUT2D eigenvalue weighted by Crippen LogP contribution is -2.14. The van der Waals surface area contributed by atoms with Gasteiger partial charge in [-0.05, 0) is 17.7 Å². The van der Waals surface area contributed by atoms with Crippen LogP contribution in [0.3, 0.4) is 0 Å². The molecular formula is C15H15ClN2O4S. The number of rotatable bonds is 7. The Hall–Kier alpha value is -1.67. The number of ether oxygens (including phenoxy) is 2. The monoisotopic (exact) mass is 354 g/mol. The van der Waals surface area contributed by atoms with E-state index in [0.717, 1.165) is 5.56 Å². The Morgan fingerprint density at radius 1 is 1.30 bits per heavy atom. The summed E-state index contributed by atoms with van der Waals surface area (Å²) in [4.78, 5) is 19.6. The molecule has 0 aliphatic carbocycles. The fourth-order valence-electron chi connectivity index (χ4n) is 1.84. The van der Waals surface area contributed by atoms with Crippen molar-refractivity contribution >= 4 is 29.3 Å². The molecule has 23 heavy (non-hydrogen) atoms. The number of aromatic carboxylic acids is 1. The predicted octanol–water partition coefficient (Wildman–Crippen LogP) is 3.41. The molecular weight excluding hydrogens is 340 g/mol. The summed E-state index contributed by atoms with van der Waals surface area (Å²) in [5, 5.41) is 10.3. The zero-order valence-corrected chi connectivity index (χ0v) is 14.1. The Balaban J connectivity index is 2.20. The van der Waals surface area contributed by atoms with Gasteiger partial charge in [0, 0.05) is 31.2 Å². The van der Waals surface area contributed by atoms with Gasteiger partial charge in [0.05, 0.1) is 0 Å². The van der Waals surface area contributed by atoms with Gasteiger partial charge in [0.2, 0.25) is 6.29 Å². The van der Waals surface area contributed by atoms with E-state index < -0.39 is 12.3 Å². The number of benzene rings is 1. The van der Waals surface area contributed by atoms with E-state index >= 15 is 0 Å². The number of aromatic nitrogens is 2.